The molecule has 1 saturated heterocycles. The quantitative estimate of drug-likeness (QED) is 0.682. The molecule has 2 heterocycles. The molecule has 7 nitrogen and oxygen atoms in total. The Balaban J connectivity index is 1.58. The summed E-state index contributed by atoms with van der Waals surface area (Å²) in [5.74, 6) is 0.828. The lowest BCUT2D eigenvalue weighted by atomic mass is 10.3. The molecule has 9 heteroatoms. The van der Waals surface area contributed by atoms with E-state index in [4.69, 9.17) is 0 Å². The molecule has 144 valence electrons. The lowest BCUT2D eigenvalue weighted by Crippen LogP contribution is -2.52. The largest absolute Gasteiger partial charge is 0.334 e. The molecule has 0 aliphatic carbocycles. The summed E-state index contributed by atoms with van der Waals surface area (Å²) in [6.45, 7) is 2.36. The highest BCUT2D eigenvalue weighted by Gasteiger charge is 2.29. The Morgan fingerprint density at radius 1 is 1.11 bits per heavy atom. The van der Waals surface area contributed by atoms with Gasteiger partial charge < -0.3 is 4.90 Å². The van der Waals surface area contributed by atoms with E-state index in [9.17, 15) is 13.2 Å². The van der Waals surface area contributed by atoms with Crippen molar-refractivity contribution < 1.29 is 18.2 Å². The van der Waals surface area contributed by atoms with Crippen LogP contribution in [0.1, 0.15) is 0 Å². The molecular formula is C18H22BrN4O3S+. The van der Waals surface area contributed by atoms with Crippen molar-refractivity contribution >= 4 is 37.7 Å². The molecule has 1 aromatic carbocycles. The number of piperazine rings is 1. The Morgan fingerprint density at radius 2 is 1.78 bits per heavy atom. The van der Waals surface area contributed by atoms with Gasteiger partial charge in [0.25, 0.3) is 5.82 Å². The number of benzene rings is 1. The molecule has 1 aromatic heterocycles. The third-order valence-electron chi connectivity index (χ3n) is 4.55. The topological polar surface area (TPSA) is 75.1 Å². The molecule has 1 N–H and O–H groups in total. The number of pyridine rings is 1. The van der Waals surface area contributed by atoms with Crippen LogP contribution in [0.2, 0.25) is 0 Å². The van der Waals surface area contributed by atoms with Crippen molar-refractivity contribution in [2.75, 3.05) is 44.7 Å². The van der Waals surface area contributed by atoms with Gasteiger partial charge in [-0.1, -0.05) is 22.0 Å². The van der Waals surface area contributed by atoms with Gasteiger partial charge in [0.1, 0.15) is 13.1 Å². The first-order valence-electron chi connectivity index (χ1n) is 8.59. The second kappa shape index (κ2) is 8.37. The average Bonchev–Trinajstić information content (AvgIpc) is 2.69. The predicted molar refractivity (Wildman–Crippen MR) is 106 cm³/mol. The third-order valence-corrected chi connectivity index (χ3v) is 6.89. The number of sulfonamides is 1. The zero-order valence-electron chi connectivity index (χ0n) is 15.0. The number of likely N-dealkylation sites (N-methyl/N-ethyl adjacent to an activating group) is 1. The molecule has 27 heavy (non-hydrogen) atoms. The fourth-order valence-corrected chi connectivity index (χ4v) is 4.32. The molecule has 1 aliphatic heterocycles. The maximum absolute atomic E-state index is 12.6. The minimum absolute atomic E-state index is 0.171. The van der Waals surface area contributed by atoms with Crippen LogP contribution in [-0.2, 0) is 14.8 Å². The minimum atomic E-state index is -3.69. The van der Waals surface area contributed by atoms with Gasteiger partial charge in [-0.2, -0.15) is 4.31 Å². The molecule has 0 saturated carbocycles. The number of amides is 1. The highest BCUT2D eigenvalue weighted by Crippen LogP contribution is 2.18. The summed E-state index contributed by atoms with van der Waals surface area (Å²) in [6.07, 6.45) is 1.87. The third kappa shape index (κ3) is 4.66. The van der Waals surface area contributed by atoms with Crippen LogP contribution in [0.15, 0.2) is 58.0 Å². The molecule has 0 radical (unpaired) electrons. The maximum Gasteiger partial charge on any atom is 0.274 e. The molecule has 1 fully saturated rings. The number of aromatic amines is 1. The number of carbonyl (C=O) groups is 1. The molecule has 0 bridgehead atoms. The van der Waals surface area contributed by atoms with Crippen molar-refractivity contribution in [3.63, 3.8) is 0 Å². The molecule has 0 spiro atoms. The van der Waals surface area contributed by atoms with E-state index >= 15 is 0 Å². The van der Waals surface area contributed by atoms with E-state index in [0.717, 1.165) is 14.6 Å². The molecule has 3 rings (SSSR count). The van der Waals surface area contributed by atoms with E-state index < -0.39 is 10.0 Å². The van der Waals surface area contributed by atoms with E-state index in [1.807, 2.05) is 24.4 Å². The van der Waals surface area contributed by atoms with E-state index in [1.54, 1.807) is 17.0 Å². The SMILES string of the molecule is CN(CC(=O)N1CCN(c2cccc[nH+]2)CC1)S(=O)(=O)c1ccc(Br)cc1. The lowest BCUT2D eigenvalue weighted by molar-refractivity contribution is -0.364. The number of anilines is 1. The second-order valence-electron chi connectivity index (χ2n) is 6.33. The van der Waals surface area contributed by atoms with E-state index in [1.165, 1.54) is 19.2 Å². The van der Waals surface area contributed by atoms with Gasteiger partial charge in [-0.3, -0.25) is 9.69 Å². The normalized spacial score (nSPS) is 15.2. The number of carbonyl (C=O) groups excluding carboxylic acids is 1. The van der Waals surface area contributed by atoms with E-state index in [-0.39, 0.29) is 17.3 Å². The van der Waals surface area contributed by atoms with Gasteiger partial charge in [0, 0.05) is 17.6 Å². The molecule has 2 aromatic rings. The second-order valence-corrected chi connectivity index (χ2v) is 9.29. The summed E-state index contributed by atoms with van der Waals surface area (Å²) in [5, 5.41) is 0. The monoisotopic (exact) mass is 453 g/mol. The molecular weight excluding hydrogens is 432 g/mol. The van der Waals surface area contributed by atoms with E-state index in [0.29, 0.717) is 26.2 Å². The maximum atomic E-state index is 12.6. The number of rotatable bonds is 5. The average molecular weight is 454 g/mol. The number of nitrogens with one attached hydrogen (secondary N) is 1. The smallest absolute Gasteiger partial charge is 0.274 e. The van der Waals surface area contributed by atoms with Crippen molar-refractivity contribution in [1.82, 2.24) is 9.21 Å². The standard InChI is InChI=1S/C18H21BrN4O3S/c1-21(27(25,26)16-7-5-15(19)6-8-16)14-18(24)23-12-10-22(11-13-23)17-4-2-3-9-20-17/h2-9H,10-14H2,1H3/p+1. The van der Waals surface area contributed by atoms with Crippen molar-refractivity contribution in [2.45, 2.75) is 4.90 Å². The summed E-state index contributed by atoms with van der Waals surface area (Å²) in [4.78, 5) is 19.8. The van der Waals surface area contributed by atoms with Crippen LogP contribution in [0.25, 0.3) is 0 Å². The minimum Gasteiger partial charge on any atom is -0.334 e. The van der Waals surface area contributed by atoms with E-state index in [2.05, 4.69) is 25.8 Å². The molecule has 0 unspecified atom stereocenters. The summed E-state index contributed by atoms with van der Waals surface area (Å²) < 4.78 is 27.2. The summed E-state index contributed by atoms with van der Waals surface area (Å²) in [6, 6.07) is 12.3. The first-order chi connectivity index (χ1) is 12.9. The fourth-order valence-electron chi connectivity index (χ4n) is 2.94. The number of hydrogen-bond acceptors (Lipinski definition) is 4. The van der Waals surface area contributed by atoms with Crippen LogP contribution in [0.3, 0.4) is 0 Å². The first kappa shape index (κ1) is 19.8. The summed E-state index contributed by atoms with van der Waals surface area (Å²) in [7, 11) is -2.26. The molecule has 1 amide bonds. The Kier molecular flexibility index (Phi) is 6.13. The molecule has 1 aliphatic rings. The Hall–Kier alpha value is -1.97. The van der Waals surface area contributed by atoms with Crippen molar-refractivity contribution in [3.05, 3.63) is 53.1 Å². The summed E-state index contributed by atoms with van der Waals surface area (Å²) >= 11 is 3.29. The van der Waals surface area contributed by atoms with Crippen LogP contribution < -0.4 is 9.88 Å². The van der Waals surface area contributed by atoms with Crippen LogP contribution in [-0.4, -0.2) is 63.3 Å². The van der Waals surface area contributed by atoms with Gasteiger partial charge in [-0.15, -0.1) is 0 Å². The highest BCUT2D eigenvalue weighted by molar-refractivity contribution is 9.10. The number of halogens is 1. The van der Waals surface area contributed by atoms with Crippen molar-refractivity contribution in [2.24, 2.45) is 0 Å². The Morgan fingerprint density at radius 3 is 2.37 bits per heavy atom. The summed E-state index contributed by atoms with van der Waals surface area (Å²) in [5.41, 5.74) is 0. The molecule has 0 atom stereocenters. The number of nitrogens with zero attached hydrogens (tertiary/aromatic N) is 3. The zero-order chi connectivity index (χ0) is 19.4. The Bertz CT molecular complexity index is 883. The van der Waals surface area contributed by atoms with Gasteiger partial charge in [0.15, 0.2) is 0 Å². The van der Waals surface area contributed by atoms with Crippen molar-refractivity contribution in [3.8, 4) is 0 Å². The van der Waals surface area contributed by atoms with Gasteiger partial charge in [0.2, 0.25) is 15.9 Å². The Labute approximate surface area is 167 Å². The van der Waals surface area contributed by atoms with Crippen LogP contribution in [0.5, 0.6) is 0 Å². The fraction of sp³-hybridized carbons (Fsp3) is 0.333. The number of hydrogen-bond donors (Lipinski definition) is 0. The number of aromatic nitrogens is 1. The van der Waals surface area contributed by atoms with Gasteiger partial charge in [-0.05, 0) is 30.3 Å². The lowest BCUT2D eigenvalue weighted by Gasteiger charge is -2.32. The van der Waals surface area contributed by atoms with Gasteiger partial charge in [-0.25, -0.2) is 13.4 Å². The predicted octanol–water partition coefficient (Wildman–Crippen LogP) is 1.23. The number of H-pyrrole nitrogens is 1. The van der Waals surface area contributed by atoms with Crippen LogP contribution in [0.4, 0.5) is 5.82 Å². The van der Waals surface area contributed by atoms with Crippen molar-refractivity contribution in [1.29, 1.82) is 0 Å². The van der Waals surface area contributed by atoms with Gasteiger partial charge in [0.05, 0.1) is 30.7 Å². The highest BCUT2D eigenvalue weighted by atomic mass is 79.9. The van der Waals surface area contributed by atoms with Crippen LogP contribution in [0, 0.1) is 0 Å². The first-order valence-corrected chi connectivity index (χ1v) is 10.8. The van der Waals surface area contributed by atoms with Gasteiger partial charge >= 0.3 is 0 Å². The zero-order valence-corrected chi connectivity index (χ0v) is 17.4. The van der Waals surface area contributed by atoms with Crippen LogP contribution >= 0.6 is 15.9 Å².